The Balaban J connectivity index is 2.73. The summed E-state index contributed by atoms with van der Waals surface area (Å²) in [5.74, 6) is -0.497. The van der Waals surface area contributed by atoms with Gasteiger partial charge in [-0.05, 0) is 19.8 Å². The van der Waals surface area contributed by atoms with Crippen LogP contribution in [0.2, 0.25) is 0 Å². The molecule has 0 saturated carbocycles. The van der Waals surface area contributed by atoms with E-state index in [0.717, 1.165) is 25.7 Å². The molecule has 1 rings (SSSR count). The van der Waals surface area contributed by atoms with Gasteiger partial charge in [-0.3, -0.25) is 4.79 Å². The maximum Gasteiger partial charge on any atom is 0.321 e. The van der Waals surface area contributed by atoms with Gasteiger partial charge in [0, 0.05) is 19.6 Å². The lowest BCUT2D eigenvalue weighted by molar-refractivity contribution is -0.143. The lowest BCUT2D eigenvalue weighted by Gasteiger charge is -2.27. The monoisotopic (exact) mass is 292 g/mol. The molecule has 1 aliphatic heterocycles. The molecule has 0 aliphatic carbocycles. The number of likely N-dealkylation sites (N-methyl/N-ethyl adjacent to an activating group) is 1. The molecule has 0 radical (unpaired) electrons. The molecule has 1 heterocycles. The van der Waals surface area contributed by atoms with Gasteiger partial charge in [-0.1, -0.05) is 19.8 Å². The molecule has 1 saturated heterocycles. The molecule has 1 fully saturated rings. The fourth-order valence-corrected chi connectivity index (χ4v) is 3.78. The SMILES string of the molecule is CCOC(=O)CN(CC)S(=O)(=O)N1CCCCCC1. The van der Waals surface area contributed by atoms with Crippen LogP contribution in [0.4, 0.5) is 0 Å². The number of esters is 1. The van der Waals surface area contributed by atoms with E-state index in [-0.39, 0.29) is 19.7 Å². The topological polar surface area (TPSA) is 66.9 Å². The lowest BCUT2D eigenvalue weighted by Crippen LogP contribution is -2.46. The molecule has 0 aromatic carbocycles. The summed E-state index contributed by atoms with van der Waals surface area (Å²) in [5, 5.41) is 0. The highest BCUT2D eigenvalue weighted by Gasteiger charge is 2.30. The molecule has 112 valence electrons. The number of nitrogens with zero attached hydrogens (tertiary/aromatic N) is 2. The minimum atomic E-state index is -3.55. The van der Waals surface area contributed by atoms with Crippen molar-refractivity contribution in [2.45, 2.75) is 39.5 Å². The number of hydrogen-bond donors (Lipinski definition) is 0. The van der Waals surface area contributed by atoms with Crippen molar-refractivity contribution in [3.63, 3.8) is 0 Å². The van der Waals surface area contributed by atoms with Gasteiger partial charge in [0.05, 0.1) is 6.61 Å². The van der Waals surface area contributed by atoms with Crippen LogP contribution in [0.3, 0.4) is 0 Å². The molecule has 0 aromatic heterocycles. The van der Waals surface area contributed by atoms with Gasteiger partial charge in [0.1, 0.15) is 6.54 Å². The Morgan fingerprint density at radius 3 is 2.21 bits per heavy atom. The van der Waals surface area contributed by atoms with Crippen LogP contribution in [0.5, 0.6) is 0 Å². The minimum absolute atomic E-state index is 0.205. The highest BCUT2D eigenvalue weighted by Crippen LogP contribution is 2.16. The van der Waals surface area contributed by atoms with Crippen LogP contribution in [0.25, 0.3) is 0 Å². The second-order valence-electron chi connectivity index (χ2n) is 4.55. The Labute approximate surface area is 115 Å². The first-order valence-electron chi connectivity index (χ1n) is 6.93. The van der Waals surface area contributed by atoms with Crippen LogP contribution in [-0.2, 0) is 19.7 Å². The molecular formula is C12H24N2O4S. The zero-order valence-electron chi connectivity index (χ0n) is 11.8. The number of hydrogen-bond acceptors (Lipinski definition) is 4. The van der Waals surface area contributed by atoms with E-state index in [4.69, 9.17) is 4.74 Å². The summed E-state index contributed by atoms with van der Waals surface area (Å²) < 4.78 is 32.4. The summed E-state index contributed by atoms with van der Waals surface area (Å²) >= 11 is 0. The Kier molecular flexibility index (Phi) is 6.74. The summed E-state index contributed by atoms with van der Waals surface area (Å²) in [6.07, 6.45) is 3.90. The van der Waals surface area contributed by atoms with E-state index in [1.807, 2.05) is 0 Å². The van der Waals surface area contributed by atoms with Crippen LogP contribution in [0, 0.1) is 0 Å². The van der Waals surface area contributed by atoms with Gasteiger partial charge >= 0.3 is 5.97 Å². The van der Waals surface area contributed by atoms with E-state index < -0.39 is 16.2 Å². The van der Waals surface area contributed by atoms with Gasteiger partial charge in [-0.25, -0.2) is 0 Å². The van der Waals surface area contributed by atoms with Crippen LogP contribution in [0.15, 0.2) is 0 Å². The van der Waals surface area contributed by atoms with E-state index >= 15 is 0 Å². The molecule has 0 aromatic rings. The molecule has 0 unspecified atom stereocenters. The van der Waals surface area contributed by atoms with Gasteiger partial charge in [0.2, 0.25) is 0 Å². The van der Waals surface area contributed by atoms with Crippen molar-refractivity contribution in [2.24, 2.45) is 0 Å². The number of carbonyl (C=O) groups is 1. The predicted molar refractivity (Wildman–Crippen MR) is 72.8 cm³/mol. The second kappa shape index (κ2) is 7.81. The van der Waals surface area contributed by atoms with Gasteiger partial charge in [0.15, 0.2) is 0 Å². The molecule has 7 heteroatoms. The average Bonchev–Trinajstić information content (AvgIpc) is 2.65. The molecule has 1 aliphatic rings. The smallest absolute Gasteiger partial charge is 0.321 e. The van der Waals surface area contributed by atoms with Crippen molar-refractivity contribution in [1.29, 1.82) is 0 Å². The van der Waals surface area contributed by atoms with Crippen molar-refractivity contribution >= 4 is 16.2 Å². The third-order valence-corrected chi connectivity index (χ3v) is 5.24. The van der Waals surface area contributed by atoms with Crippen molar-refractivity contribution in [3.8, 4) is 0 Å². The summed E-state index contributed by atoms with van der Waals surface area (Å²) in [4.78, 5) is 11.5. The van der Waals surface area contributed by atoms with E-state index in [1.54, 1.807) is 13.8 Å². The first-order chi connectivity index (χ1) is 9.02. The predicted octanol–water partition coefficient (Wildman–Crippen LogP) is 0.992. The normalized spacial score (nSPS) is 18.3. The molecular weight excluding hydrogens is 268 g/mol. The Hall–Kier alpha value is -0.660. The summed E-state index contributed by atoms with van der Waals surface area (Å²) in [6, 6.07) is 0. The van der Waals surface area contributed by atoms with Gasteiger partial charge in [-0.15, -0.1) is 0 Å². The molecule has 0 N–H and O–H groups in total. The minimum Gasteiger partial charge on any atom is -0.465 e. The fourth-order valence-electron chi connectivity index (χ4n) is 2.14. The van der Waals surface area contributed by atoms with Crippen molar-refractivity contribution < 1.29 is 17.9 Å². The maximum atomic E-state index is 12.5. The Bertz CT molecular complexity index is 375. The zero-order valence-corrected chi connectivity index (χ0v) is 12.6. The molecule has 0 bridgehead atoms. The quantitative estimate of drug-likeness (QED) is 0.685. The van der Waals surface area contributed by atoms with E-state index in [0.29, 0.717) is 13.1 Å². The second-order valence-corrected chi connectivity index (χ2v) is 6.48. The molecule has 0 spiro atoms. The molecule has 19 heavy (non-hydrogen) atoms. The van der Waals surface area contributed by atoms with Gasteiger partial charge < -0.3 is 4.74 Å². The first-order valence-corrected chi connectivity index (χ1v) is 8.33. The van der Waals surface area contributed by atoms with Crippen LogP contribution in [-0.4, -0.2) is 55.8 Å². The first kappa shape index (κ1) is 16.4. The largest absolute Gasteiger partial charge is 0.465 e. The summed E-state index contributed by atoms with van der Waals surface area (Å²) in [7, 11) is -3.55. The third-order valence-electron chi connectivity index (χ3n) is 3.18. The Morgan fingerprint density at radius 2 is 1.74 bits per heavy atom. The lowest BCUT2D eigenvalue weighted by atomic mass is 10.2. The Morgan fingerprint density at radius 1 is 1.16 bits per heavy atom. The third kappa shape index (κ3) is 4.74. The highest BCUT2D eigenvalue weighted by atomic mass is 32.2. The standard InChI is InChI=1S/C12H24N2O4S/c1-3-13(11-12(15)18-4-2)19(16,17)14-9-7-5-6-8-10-14/h3-11H2,1-2H3. The van der Waals surface area contributed by atoms with Crippen LogP contribution in [0.1, 0.15) is 39.5 Å². The van der Waals surface area contributed by atoms with E-state index in [1.165, 1.54) is 8.61 Å². The van der Waals surface area contributed by atoms with Crippen molar-refractivity contribution in [3.05, 3.63) is 0 Å². The van der Waals surface area contributed by atoms with Crippen LogP contribution < -0.4 is 0 Å². The van der Waals surface area contributed by atoms with Crippen molar-refractivity contribution in [1.82, 2.24) is 8.61 Å². The van der Waals surface area contributed by atoms with Gasteiger partial charge in [-0.2, -0.15) is 17.0 Å². The van der Waals surface area contributed by atoms with Crippen molar-refractivity contribution in [2.75, 3.05) is 32.8 Å². The van der Waals surface area contributed by atoms with Crippen LogP contribution >= 0.6 is 0 Å². The summed E-state index contributed by atoms with van der Waals surface area (Å²) in [5.41, 5.74) is 0. The average molecular weight is 292 g/mol. The fraction of sp³-hybridized carbons (Fsp3) is 0.917. The molecule has 0 atom stereocenters. The number of rotatable bonds is 6. The highest BCUT2D eigenvalue weighted by molar-refractivity contribution is 7.86. The number of ether oxygens (including phenoxy) is 1. The van der Waals surface area contributed by atoms with Gasteiger partial charge in [0.25, 0.3) is 10.2 Å². The number of carbonyl (C=O) groups excluding carboxylic acids is 1. The zero-order chi connectivity index (χ0) is 14.3. The maximum absolute atomic E-state index is 12.5. The summed E-state index contributed by atoms with van der Waals surface area (Å²) in [6.45, 7) is 4.86. The van der Waals surface area contributed by atoms with E-state index in [2.05, 4.69) is 0 Å². The van der Waals surface area contributed by atoms with E-state index in [9.17, 15) is 13.2 Å². The molecule has 0 amide bonds. The molecule has 6 nitrogen and oxygen atoms in total.